The van der Waals surface area contributed by atoms with Crippen molar-refractivity contribution in [3.63, 3.8) is 0 Å². The Morgan fingerprint density at radius 3 is 2.38 bits per heavy atom. The number of hydrogen-bond donors (Lipinski definition) is 0. The van der Waals surface area contributed by atoms with Crippen LogP contribution in [0.5, 0.6) is 0 Å². The molecule has 0 radical (unpaired) electrons. The van der Waals surface area contributed by atoms with Gasteiger partial charge in [-0.3, -0.25) is 9.69 Å². The van der Waals surface area contributed by atoms with Gasteiger partial charge in [0.1, 0.15) is 5.54 Å². The van der Waals surface area contributed by atoms with Gasteiger partial charge in [0.15, 0.2) is 0 Å². The molecule has 2 aromatic carbocycles. The second-order valence-electron chi connectivity index (χ2n) is 10.3. The van der Waals surface area contributed by atoms with Crippen molar-refractivity contribution < 1.29 is 14.3 Å². The Morgan fingerprint density at radius 2 is 1.69 bits per heavy atom. The summed E-state index contributed by atoms with van der Waals surface area (Å²) < 4.78 is 5.29. The minimum absolute atomic E-state index is 0.0538. The predicted octanol–water partition coefficient (Wildman–Crippen LogP) is 4.13. The number of nitrogens with zero attached hydrogens (tertiary/aromatic N) is 3. The molecule has 1 spiro atoms. The van der Waals surface area contributed by atoms with Crippen molar-refractivity contribution in [3.05, 3.63) is 48.0 Å². The number of ether oxygens (including phenoxy) is 1. The Hall–Kier alpha value is -2.44. The number of rotatable bonds is 6. The SMILES string of the molecule is COCCN1C(=O)N(Cc2cccc3ccccc23)C(=O)C12CCN(CC(C)(C)C)CC2. The van der Waals surface area contributed by atoms with E-state index < -0.39 is 5.54 Å². The molecule has 2 heterocycles. The van der Waals surface area contributed by atoms with E-state index in [1.807, 2.05) is 24.3 Å². The molecule has 0 unspecified atom stereocenters. The van der Waals surface area contributed by atoms with Crippen molar-refractivity contribution in [2.45, 2.75) is 45.7 Å². The number of benzene rings is 2. The van der Waals surface area contributed by atoms with E-state index in [-0.39, 0.29) is 17.4 Å². The third-order valence-electron chi connectivity index (χ3n) is 6.73. The van der Waals surface area contributed by atoms with Crippen LogP contribution in [0.1, 0.15) is 39.2 Å². The topological polar surface area (TPSA) is 53.1 Å². The number of fused-ring (bicyclic) bond motifs is 1. The van der Waals surface area contributed by atoms with Gasteiger partial charge in [0, 0.05) is 33.3 Å². The van der Waals surface area contributed by atoms with Crippen LogP contribution in [0.4, 0.5) is 4.79 Å². The molecule has 172 valence electrons. The van der Waals surface area contributed by atoms with Crippen LogP contribution in [0.15, 0.2) is 42.5 Å². The molecule has 0 bridgehead atoms. The second-order valence-corrected chi connectivity index (χ2v) is 10.3. The molecule has 0 aliphatic carbocycles. The molecule has 0 saturated carbocycles. The zero-order valence-electron chi connectivity index (χ0n) is 19.8. The first-order valence-electron chi connectivity index (χ1n) is 11.6. The van der Waals surface area contributed by atoms with E-state index in [1.54, 1.807) is 12.0 Å². The zero-order valence-corrected chi connectivity index (χ0v) is 19.8. The van der Waals surface area contributed by atoms with Crippen molar-refractivity contribution in [2.75, 3.05) is 39.9 Å². The quantitative estimate of drug-likeness (QED) is 0.638. The summed E-state index contributed by atoms with van der Waals surface area (Å²) in [6.07, 6.45) is 1.34. The Bertz CT molecular complexity index is 984. The largest absolute Gasteiger partial charge is 0.383 e. The molecular weight excluding hydrogens is 402 g/mol. The molecule has 4 rings (SSSR count). The minimum Gasteiger partial charge on any atom is -0.383 e. The Labute approximate surface area is 191 Å². The third-order valence-corrected chi connectivity index (χ3v) is 6.73. The molecule has 0 aromatic heterocycles. The monoisotopic (exact) mass is 437 g/mol. The Kier molecular flexibility index (Phi) is 6.28. The van der Waals surface area contributed by atoms with Crippen molar-refractivity contribution in [2.24, 2.45) is 5.41 Å². The molecule has 2 aliphatic rings. The number of methoxy groups -OCH3 is 1. The van der Waals surface area contributed by atoms with E-state index >= 15 is 0 Å². The fraction of sp³-hybridized carbons (Fsp3) is 0.538. The van der Waals surface area contributed by atoms with E-state index in [0.717, 1.165) is 36.0 Å². The highest BCUT2D eigenvalue weighted by atomic mass is 16.5. The van der Waals surface area contributed by atoms with Crippen LogP contribution in [0.3, 0.4) is 0 Å². The van der Waals surface area contributed by atoms with Crippen molar-refractivity contribution in [1.29, 1.82) is 0 Å². The van der Waals surface area contributed by atoms with Crippen molar-refractivity contribution in [1.82, 2.24) is 14.7 Å². The summed E-state index contributed by atoms with van der Waals surface area (Å²) in [5, 5.41) is 2.20. The lowest BCUT2D eigenvalue weighted by atomic mass is 9.84. The fourth-order valence-corrected chi connectivity index (χ4v) is 5.25. The average molecular weight is 438 g/mol. The van der Waals surface area contributed by atoms with Gasteiger partial charge in [-0.05, 0) is 34.6 Å². The normalized spacial score (nSPS) is 19.5. The molecule has 2 fully saturated rings. The maximum Gasteiger partial charge on any atom is 0.328 e. The summed E-state index contributed by atoms with van der Waals surface area (Å²) in [5.41, 5.74) is 0.448. The summed E-state index contributed by atoms with van der Waals surface area (Å²) in [5.74, 6) is -0.0538. The highest BCUT2D eigenvalue weighted by Crippen LogP contribution is 2.39. The van der Waals surface area contributed by atoms with Crippen molar-refractivity contribution in [3.8, 4) is 0 Å². The Balaban J connectivity index is 1.60. The van der Waals surface area contributed by atoms with Gasteiger partial charge in [-0.15, -0.1) is 0 Å². The van der Waals surface area contributed by atoms with Crippen LogP contribution >= 0.6 is 0 Å². The smallest absolute Gasteiger partial charge is 0.328 e. The van der Waals surface area contributed by atoms with E-state index in [4.69, 9.17) is 4.74 Å². The summed E-state index contributed by atoms with van der Waals surface area (Å²) >= 11 is 0. The summed E-state index contributed by atoms with van der Waals surface area (Å²) in [4.78, 5) is 33.0. The van der Waals surface area contributed by atoms with Crippen molar-refractivity contribution >= 4 is 22.7 Å². The molecular formula is C26H35N3O3. The molecule has 6 nitrogen and oxygen atoms in total. The van der Waals surface area contributed by atoms with Crippen LogP contribution in [0.2, 0.25) is 0 Å². The number of carbonyl (C=O) groups is 2. The van der Waals surface area contributed by atoms with Gasteiger partial charge in [-0.2, -0.15) is 0 Å². The van der Waals surface area contributed by atoms with Crippen LogP contribution in [-0.4, -0.2) is 72.1 Å². The standard InChI is InChI=1S/C26H35N3O3/c1-25(2,3)19-27-14-12-26(13-15-27)23(30)28(24(31)29(26)16-17-32-4)18-21-10-7-9-20-8-5-6-11-22(20)21/h5-11H,12-19H2,1-4H3. The zero-order chi connectivity index (χ0) is 22.9. The molecule has 32 heavy (non-hydrogen) atoms. The first kappa shape index (κ1) is 22.7. The first-order valence-corrected chi connectivity index (χ1v) is 11.6. The van der Waals surface area contributed by atoms with E-state index in [2.05, 4.69) is 43.9 Å². The van der Waals surface area contributed by atoms with E-state index in [9.17, 15) is 9.59 Å². The highest BCUT2D eigenvalue weighted by molar-refractivity contribution is 6.07. The lowest BCUT2D eigenvalue weighted by Gasteiger charge is -2.43. The molecule has 0 atom stereocenters. The lowest BCUT2D eigenvalue weighted by molar-refractivity contribution is -0.136. The second kappa shape index (κ2) is 8.83. The molecule has 6 heteroatoms. The third kappa shape index (κ3) is 4.26. The lowest BCUT2D eigenvalue weighted by Crippen LogP contribution is -2.57. The van der Waals surface area contributed by atoms with Crippen LogP contribution in [0.25, 0.3) is 10.8 Å². The van der Waals surface area contributed by atoms with Gasteiger partial charge >= 0.3 is 6.03 Å². The number of hydrogen-bond acceptors (Lipinski definition) is 4. The number of likely N-dealkylation sites (tertiary alicyclic amines) is 1. The number of piperidine rings is 1. The predicted molar refractivity (Wildman–Crippen MR) is 126 cm³/mol. The van der Waals surface area contributed by atoms with Crippen LogP contribution in [-0.2, 0) is 16.1 Å². The number of carbonyl (C=O) groups excluding carboxylic acids is 2. The summed E-state index contributed by atoms with van der Waals surface area (Å²) in [6, 6.07) is 14.0. The molecule has 2 saturated heterocycles. The summed E-state index contributed by atoms with van der Waals surface area (Å²) in [6.45, 7) is 10.5. The minimum atomic E-state index is -0.755. The number of amides is 3. The summed E-state index contributed by atoms with van der Waals surface area (Å²) in [7, 11) is 1.63. The van der Waals surface area contributed by atoms with E-state index in [0.29, 0.717) is 32.5 Å². The maximum absolute atomic E-state index is 13.8. The van der Waals surface area contributed by atoms with Crippen LogP contribution < -0.4 is 0 Å². The Morgan fingerprint density at radius 1 is 1.00 bits per heavy atom. The first-order chi connectivity index (χ1) is 15.2. The van der Waals surface area contributed by atoms with Gasteiger partial charge in [0.05, 0.1) is 13.2 Å². The van der Waals surface area contributed by atoms with Gasteiger partial charge in [0.25, 0.3) is 5.91 Å². The molecule has 2 aromatic rings. The number of urea groups is 1. The number of imide groups is 1. The van der Waals surface area contributed by atoms with Gasteiger partial charge in [0.2, 0.25) is 0 Å². The maximum atomic E-state index is 13.8. The van der Waals surface area contributed by atoms with Gasteiger partial charge < -0.3 is 14.5 Å². The van der Waals surface area contributed by atoms with E-state index in [1.165, 1.54) is 4.90 Å². The van der Waals surface area contributed by atoms with Gasteiger partial charge in [-0.1, -0.05) is 63.2 Å². The molecule has 2 aliphatic heterocycles. The molecule has 0 N–H and O–H groups in total. The fourth-order valence-electron chi connectivity index (χ4n) is 5.25. The van der Waals surface area contributed by atoms with Crippen LogP contribution in [0, 0.1) is 5.41 Å². The van der Waals surface area contributed by atoms with Gasteiger partial charge in [-0.25, -0.2) is 4.79 Å². The molecule has 3 amide bonds. The average Bonchev–Trinajstić information content (AvgIpc) is 2.94. The highest BCUT2D eigenvalue weighted by Gasteiger charge is 2.57.